The number of carbonyl (C=O) groups excluding carboxylic acids is 1. The second kappa shape index (κ2) is 5.32. The lowest BCUT2D eigenvalue weighted by Crippen LogP contribution is -3.05. The van der Waals surface area contributed by atoms with Gasteiger partial charge in [0.2, 0.25) is 0 Å². The minimum absolute atomic E-state index is 0.236. The number of Topliss-reactive ketones (excluding diaryl/α,β-unsaturated/α-hetero) is 1. The van der Waals surface area contributed by atoms with Crippen LogP contribution in [-0.4, -0.2) is 33.0 Å². The topological polar surface area (TPSA) is 30.7 Å². The van der Waals surface area contributed by atoms with Crippen molar-refractivity contribution >= 4 is 5.78 Å². The summed E-state index contributed by atoms with van der Waals surface area (Å²) in [6.45, 7) is 1.68. The van der Waals surface area contributed by atoms with Crippen molar-refractivity contribution in [3.63, 3.8) is 0 Å². The van der Waals surface area contributed by atoms with Gasteiger partial charge < -0.3 is 9.64 Å². The van der Waals surface area contributed by atoms with Crippen LogP contribution >= 0.6 is 0 Å². The SMILES string of the molecule is C[NH+](C)CCC(=O)c1ccc2c(c1)CCCO2. The van der Waals surface area contributed by atoms with Crippen LogP contribution in [0.3, 0.4) is 0 Å². The molecule has 1 aromatic carbocycles. The van der Waals surface area contributed by atoms with Crippen LogP contribution in [0.4, 0.5) is 0 Å². The first-order valence-corrected chi connectivity index (χ1v) is 6.25. The highest BCUT2D eigenvalue weighted by Crippen LogP contribution is 2.25. The van der Waals surface area contributed by atoms with E-state index in [1.54, 1.807) is 0 Å². The molecule has 0 aliphatic carbocycles. The first kappa shape index (κ1) is 12.1. The minimum atomic E-state index is 0.236. The Morgan fingerprint density at radius 2 is 2.24 bits per heavy atom. The van der Waals surface area contributed by atoms with Crippen molar-refractivity contribution in [3.05, 3.63) is 29.3 Å². The Labute approximate surface area is 102 Å². The highest BCUT2D eigenvalue weighted by molar-refractivity contribution is 5.96. The van der Waals surface area contributed by atoms with Gasteiger partial charge in [0, 0.05) is 5.56 Å². The van der Waals surface area contributed by atoms with Crippen molar-refractivity contribution in [2.75, 3.05) is 27.2 Å². The molecule has 3 heteroatoms. The van der Waals surface area contributed by atoms with Crippen molar-refractivity contribution in [1.82, 2.24) is 0 Å². The maximum absolute atomic E-state index is 12.0. The van der Waals surface area contributed by atoms with Gasteiger partial charge >= 0.3 is 0 Å². The summed E-state index contributed by atoms with van der Waals surface area (Å²) >= 11 is 0. The fraction of sp³-hybridized carbons (Fsp3) is 0.500. The Hall–Kier alpha value is -1.35. The fourth-order valence-electron chi connectivity index (χ4n) is 2.04. The first-order valence-electron chi connectivity index (χ1n) is 6.25. The summed E-state index contributed by atoms with van der Waals surface area (Å²) in [5.74, 6) is 1.19. The van der Waals surface area contributed by atoms with Crippen molar-refractivity contribution in [3.8, 4) is 5.75 Å². The Bertz CT molecular complexity index is 413. The highest BCUT2D eigenvalue weighted by atomic mass is 16.5. The summed E-state index contributed by atoms with van der Waals surface area (Å²) in [5.41, 5.74) is 2.01. The number of aryl methyl sites for hydroxylation is 1. The van der Waals surface area contributed by atoms with Gasteiger partial charge in [0.15, 0.2) is 5.78 Å². The molecule has 1 aliphatic rings. The fourth-order valence-corrected chi connectivity index (χ4v) is 2.04. The predicted molar refractivity (Wildman–Crippen MR) is 66.9 cm³/mol. The summed E-state index contributed by atoms with van der Waals surface area (Å²) in [7, 11) is 4.13. The molecule has 1 aliphatic heterocycles. The Morgan fingerprint density at radius 3 is 3.00 bits per heavy atom. The van der Waals surface area contributed by atoms with Crippen LogP contribution in [0.25, 0.3) is 0 Å². The third kappa shape index (κ3) is 3.07. The molecule has 0 amide bonds. The summed E-state index contributed by atoms with van der Waals surface area (Å²) in [5, 5.41) is 0. The lowest BCUT2D eigenvalue weighted by atomic mass is 10.00. The molecule has 0 radical (unpaired) electrons. The van der Waals surface area contributed by atoms with E-state index >= 15 is 0 Å². The van der Waals surface area contributed by atoms with Crippen molar-refractivity contribution in [1.29, 1.82) is 0 Å². The molecule has 0 unspecified atom stereocenters. The average Bonchev–Trinajstić information content (AvgIpc) is 2.35. The number of benzene rings is 1. The van der Waals surface area contributed by atoms with Crippen LogP contribution < -0.4 is 9.64 Å². The highest BCUT2D eigenvalue weighted by Gasteiger charge is 2.14. The number of rotatable bonds is 4. The smallest absolute Gasteiger partial charge is 0.168 e. The molecule has 0 aromatic heterocycles. The van der Waals surface area contributed by atoms with Gasteiger partial charge in [-0.15, -0.1) is 0 Å². The van der Waals surface area contributed by atoms with Crippen molar-refractivity contribution < 1.29 is 14.4 Å². The second-order valence-electron chi connectivity index (χ2n) is 4.90. The zero-order chi connectivity index (χ0) is 12.3. The third-order valence-corrected chi connectivity index (χ3v) is 3.08. The summed E-state index contributed by atoms with van der Waals surface area (Å²) in [6, 6.07) is 5.82. The maximum Gasteiger partial charge on any atom is 0.168 e. The molecule has 0 fully saturated rings. The van der Waals surface area contributed by atoms with Gasteiger partial charge in [0.05, 0.1) is 33.7 Å². The molecular formula is C14H20NO2+. The molecular weight excluding hydrogens is 214 g/mol. The number of nitrogens with one attached hydrogen (secondary N) is 1. The average molecular weight is 234 g/mol. The van der Waals surface area contributed by atoms with E-state index in [1.807, 2.05) is 18.2 Å². The molecule has 1 N–H and O–H groups in total. The van der Waals surface area contributed by atoms with Crippen molar-refractivity contribution in [2.45, 2.75) is 19.3 Å². The van der Waals surface area contributed by atoms with Crippen LogP contribution in [0.1, 0.15) is 28.8 Å². The largest absolute Gasteiger partial charge is 0.493 e. The monoisotopic (exact) mass is 234 g/mol. The molecule has 0 bridgehead atoms. The predicted octanol–water partition coefficient (Wildman–Crippen LogP) is 0.729. The van der Waals surface area contributed by atoms with E-state index in [4.69, 9.17) is 4.74 Å². The minimum Gasteiger partial charge on any atom is -0.493 e. The number of hydrogen-bond donors (Lipinski definition) is 1. The lowest BCUT2D eigenvalue weighted by Gasteiger charge is -2.17. The van der Waals surface area contributed by atoms with Gasteiger partial charge in [0.25, 0.3) is 0 Å². The quantitative estimate of drug-likeness (QED) is 0.779. The Balaban J connectivity index is 2.08. The van der Waals surface area contributed by atoms with Gasteiger partial charge in [-0.1, -0.05) is 0 Å². The van der Waals surface area contributed by atoms with E-state index in [1.165, 1.54) is 10.5 Å². The molecule has 0 saturated heterocycles. The normalized spacial score (nSPS) is 14.3. The zero-order valence-electron chi connectivity index (χ0n) is 10.6. The molecule has 0 saturated carbocycles. The molecule has 0 spiro atoms. The van der Waals surface area contributed by atoms with Crippen molar-refractivity contribution in [2.24, 2.45) is 0 Å². The molecule has 1 heterocycles. The van der Waals surface area contributed by atoms with E-state index < -0.39 is 0 Å². The van der Waals surface area contributed by atoms with E-state index in [-0.39, 0.29) is 5.78 Å². The number of fused-ring (bicyclic) bond motifs is 1. The van der Waals surface area contributed by atoms with Gasteiger partial charge in [-0.25, -0.2) is 0 Å². The van der Waals surface area contributed by atoms with Crippen LogP contribution in [0.5, 0.6) is 5.75 Å². The molecule has 92 valence electrons. The molecule has 0 atom stereocenters. The van der Waals surface area contributed by atoms with Crippen LogP contribution in [0, 0.1) is 0 Å². The zero-order valence-corrected chi connectivity index (χ0v) is 10.6. The molecule has 1 aromatic rings. The van der Waals surface area contributed by atoms with Gasteiger partial charge in [-0.3, -0.25) is 4.79 Å². The van der Waals surface area contributed by atoms with Gasteiger partial charge in [-0.2, -0.15) is 0 Å². The number of ether oxygens (including phenoxy) is 1. The van der Waals surface area contributed by atoms with E-state index in [0.717, 1.165) is 37.3 Å². The number of ketones is 1. The molecule has 17 heavy (non-hydrogen) atoms. The maximum atomic E-state index is 12.0. The summed E-state index contributed by atoms with van der Waals surface area (Å²) < 4.78 is 5.54. The number of quaternary nitrogens is 1. The van der Waals surface area contributed by atoms with Crippen LogP contribution in [-0.2, 0) is 6.42 Å². The van der Waals surface area contributed by atoms with E-state index in [9.17, 15) is 4.79 Å². The summed E-state index contributed by atoms with van der Waals surface area (Å²) in [6.07, 6.45) is 2.68. The first-order chi connectivity index (χ1) is 8.16. The third-order valence-electron chi connectivity index (χ3n) is 3.08. The lowest BCUT2D eigenvalue weighted by molar-refractivity contribution is -0.857. The van der Waals surface area contributed by atoms with Gasteiger partial charge in [-0.05, 0) is 36.6 Å². The number of hydrogen-bond acceptors (Lipinski definition) is 2. The standard InChI is InChI=1S/C14H19NO2/c1-15(2)8-7-13(16)11-5-6-14-12(10-11)4-3-9-17-14/h5-6,10H,3-4,7-9H2,1-2H3/p+1. The van der Waals surface area contributed by atoms with E-state index in [2.05, 4.69) is 14.1 Å². The van der Waals surface area contributed by atoms with Gasteiger partial charge in [0.1, 0.15) is 5.75 Å². The Kier molecular flexibility index (Phi) is 3.79. The molecule has 3 nitrogen and oxygen atoms in total. The number of carbonyl (C=O) groups is 1. The Morgan fingerprint density at radius 1 is 1.41 bits per heavy atom. The molecule has 2 rings (SSSR count). The summed E-state index contributed by atoms with van der Waals surface area (Å²) in [4.78, 5) is 13.3. The second-order valence-corrected chi connectivity index (χ2v) is 4.90. The van der Waals surface area contributed by atoms with Crippen LogP contribution in [0.2, 0.25) is 0 Å². The van der Waals surface area contributed by atoms with Crippen LogP contribution in [0.15, 0.2) is 18.2 Å². The van der Waals surface area contributed by atoms with E-state index in [0.29, 0.717) is 6.42 Å².